The summed E-state index contributed by atoms with van der Waals surface area (Å²) in [6.45, 7) is 7.54. The fourth-order valence-corrected chi connectivity index (χ4v) is 4.44. The first kappa shape index (κ1) is 22.9. The molecule has 1 fully saturated rings. The second-order valence-corrected chi connectivity index (χ2v) is 9.04. The number of ether oxygens (including phenoxy) is 1. The molecule has 0 radical (unpaired) electrons. The van der Waals surface area contributed by atoms with Crippen molar-refractivity contribution < 1.29 is 9.53 Å². The summed E-state index contributed by atoms with van der Waals surface area (Å²) in [6, 6.07) is 16.2. The van der Waals surface area contributed by atoms with E-state index in [1.54, 1.807) is 13.4 Å². The van der Waals surface area contributed by atoms with Crippen LogP contribution in [-0.2, 0) is 4.79 Å². The van der Waals surface area contributed by atoms with Gasteiger partial charge in [0.25, 0.3) is 0 Å². The molecule has 1 saturated heterocycles. The van der Waals surface area contributed by atoms with Crippen LogP contribution in [0.25, 0.3) is 0 Å². The monoisotopic (exact) mass is 463 g/mol. The van der Waals surface area contributed by atoms with Crippen molar-refractivity contribution in [2.24, 2.45) is 0 Å². The van der Waals surface area contributed by atoms with Gasteiger partial charge in [-0.3, -0.25) is 4.79 Å². The summed E-state index contributed by atoms with van der Waals surface area (Å²) < 4.78 is 5.35. The Morgan fingerprint density at radius 1 is 1.03 bits per heavy atom. The van der Waals surface area contributed by atoms with Crippen LogP contribution in [0.3, 0.4) is 0 Å². The summed E-state index contributed by atoms with van der Waals surface area (Å²) in [6.07, 6.45) is 1.58. The lowest BCUT2D eigenvalue weighted by Gasteiger charge is -2.36. The maximum absolute atomic E-state index is 12.5. The zero-order valence-corrected chi connectivity index (χ0v) is 20.1. The molecule has 1 N–H and O–H groups in total. The van der Waals surface area contributed by atoms with Crippen LogP contribution in [0.5, 0.6) is 5.75 Å². The average molecular weight is 464 g/mol. The van der Waals surface area contributed by atoms with E-state index in [2.05, 4.69) is 37.2 Å². The number of nitrogens with one attached hydrogen (secondary N) is 1. The molecule has 3 aromatic rings. The van der Waals surface area contributed by atoms with Gasteiger partial charge in [-0.2, -0.15) is 0 Å². The molecule has 172 valence electrons. The highest BCUT2D eigenvalue weighted by molar-refractivity contribution is 7.99. The van der Waals surface area contributed by atoms with Crippen molar-refractivity contribution in [3.63, 3.8) is 0 Å². The Hall–Kier alpha value is -3.26. The highest BCUT2D eigenvalue weighted by atomic mass is 32.2. The molecule has 2 heterocycles. The quantitative estimate of drug-likeness (QED) is 0.417. The smallest absolute Gasteiger partial charge is 0.234 e. The fraction of sp³-hybridized carbons (Fsp3) is 0.320. The van der Waals surface area contributed by atoms with Crippen LogP contribution in [0, 0.1) is 13.8 Å². The van der Waals surface area contributed by atoms with Crippen LogP contribution < -0.4 is 19.9 Å². The number of benzene rings is 2. The lowest BCUT2D eigenvalue weighted by atomic mass is 10.1. The first-order chi connectivity index (χ1) is 16.0. The van der Waals surface area contributed by atoms with Crippen LogP contribution in [0.15, 0.2) is 59.9 Å². The van der Waals surface area contributed by atoms with Crippen LogP contribution in [0.4, 0.5) is 17.2 Å². The standard InChI is InChI=1S/C25H29N5O2S/c1-18-7-8-19(2)22(13-18)28-24(31)16-33-25-15-23(26-17-27-25)30-11-9-29(10-12-30)20-5-4-6-21(14-20)32-3/h4-8,13-15,17H,9-12,16H2,1-3H3,(H,28,31). The summed E-state index contributed by atoms with van der Waals surface area (Å²) in [5.74, 6) is 2.02. The Morgan fingerprint density at radius 2 is 1.82 bits per heavy atom. The first-order valence-electron chi connectivity index (χ1n) is 11.0. The number of aromatic nitrogens is 2. The number of carbonyl (C=O) groups excluding carboxylic acids is 1. The van der Waals surface area contributed by atoms with Gasteiger partial charge >= 0.3 is 0 Å². The van der Waals surface area contributed by atoms with Crippen molar-refractivity contribution in [3.8, 4) is 5.75 Å². The van der Waals surface area contributed by atoms with Crippen LogP contribution in [-0.4, -0.2) is 54.9 Å². The van der Waals surface area contributed by atoms with Crippen LogP contribution in [0.2, 0.25) is 0 Å². The number of methoxy groups -OCH3 is 1. The summed E-state index contributed by atoms with van der Waals surface area (Å²) in [5, 5.41) is 3.80. The lowest BCUT2D eigenvalue weighted by Crippen LogP contribution is -2.46. The molecule has 0 unspecified atom stereocenters. The molecule has 2 aromatic carbocycles. The second kappa shape index (κ2) is 10.6. The highest BCUT2D eigenvalue weighted by Crippen LogP contribution is 2.25. The molecule has 4 rings (SSSR count). The minimum Gasteiger partial charge on any atom is -0.497 e. The summed E-state index contributed by atoms with van der Waals surface area (Å²) in [4.78, 5) is 25.9. The number of hydrogen-bond acceptors (Lipinski definition) is 7. The van der Waals surface area contributed by atoms with Crippen molar-refractivity contribution >= 4 is 34.9 Å². The molecule has 1 aliphatic heterocycles. The molecule has 0 bridgehead atoms. The fourth-order valence-electron chi connectivity index (χ4n) is 3.78. The molecule has 7 nitrogen and oxygen atoms in total. The summed E-state index contributed by atoms with van der Waals surface area (Å²) in [5.41, 5.74) is 4.20. The zero-order valence-electron chi connectivity index (χ0n) is 19.2. The van der Waals surface area contributed by atoms with Crippen LogP contribution in [0.1, 0.15) is 11.1 Å². The Labute approximate surface area is 199 Å². The largest absolute Gasteiger partial charge is 0.497 e. The molecule has 33 heavy (non-hydrogen) atoms. The zero-order chi connectivity index (χ0) is 23.2. The second-order valence-electron chi connectivity index (χ2n) is 8.05. The third-order valence-corrected chi connectivity index (χ3v) is 6.59. The molecule has 1 aliphatic rings. The summed E-state index contributed by atoms with van der Waals surface area (Å²) >= 11 is 1.42. The van der Waals surface area contributed by atoms with Gasteiger partial charge in [0, 0.05) is 49.7 Å². The van der Waals surface area contributed by atoms with Gasteiger partial charge in [-0.25, -0.2) is 9.97 Å². The van der Waals surface area contributed by atoms with Crippen molar-refractivity contribution in [2.45, 2.75) is 18.9 Å². The number of amides is 1. The molecule has 0 saturated carbocycles. The van der Waals surface area contributed by atoms with E-state index >= 15 is 0 Å². The van der Waals surface area contributed by atoms with Crippen LogP contribution >= 0.6 is 11.8 Å². The number of piperazine rings is 1. The van der Waals surface area contributed by atoms with Gasteiger partial charge in [-0.1, -0.05) is 30.0 Å². The van der Waals surface area contributed by atoms with E-state index in [4.69, 9.17) is 4.74 Å². The van der Waals surface area contributed by atoms with Gasteiger partial charge in [0.15, 0.2) is 0 Å². The van der Waals surface area contributed by atoms with Gasteiger partial charge in [0.1, 0.15) is 22.9 Å². The van der Waals surface area contributed by atoms with Crippen molar-refractivity contribution in [1.82, 2.24) is 9.97 Å². The van der Waals surface area contributed by atoms with E-state index in [1.165, 1.54) is 17.4 Å². The molecule has 0 spiro atoms. The predicted octanol–water partition coefficient (Wildman–Crippen LogP) is 4.16. The molecule has 1 amide bonds. The number of aryl methyl sites for hydroxylation is 2. The SMILES string of the molecule is COc1cccc(N2CCN(c3cc(SCC(=O)Nc4cc(C)ccc4C)ncn3)CC2)c1. The first-order valence-corrected chi connectivity index (χ1v) is 12.0. The van der Waals surface area contributed by atoms with Crippen molar-refractivity contribution in [3.05, 3.63) is 66.0 Å². The number of thioether (sulfide) groups is 1. The van der Waals surface area contributed by atoms with Gasteiger partial charge in [0.2, 0.25) is 5.91 Å². The Balaban J connectivity index is 1.31. The maximum Gasteiger partial charge on any atom is 0.234 e. The lowest BCUT2D eigenvalue weighted by molar-refractivity contribution is -0.113. The topological polar surface area (TPSA) is 70.6 Å². The molecule has 0 aliphatic carbocycles. The van der Waals surface area contributed by atoms with E-state index in [0.717, 1.165) is 59.6 Å². The number of nitrogens with zero attached hydrogens (tertiary/aromatic N) is 4. The van der Waals surface area contributed by atoms with E-state index in [1.807, 2.05) is 50.2 Å². The normalized spacial score (nSPS) is 13.7. The molecule has 0 atom stereocenters. The van der Waals surface area contributed by atoms with E-state index in [0.29, 0.717) is 5.75 Å². The number of rotatable bonds is 7. The van der Waals surface area contributed by atoms with Crippen molar-refractivity contribution in [1.29, 1.82) is 0 Å². The van der Waals surface area contributed by atoms with Crippen molar-refractivity contribution in [2.75, 3.05) is 54.2 Å². The average Bonchev–Trinajstić information content (AvgIpc) is 2.85. The van der Waals surface area contributed by atoms with Gasteiger partial charge in [-0.15, -0.1) is 0 Å². The van der Waals surface area contributed by atoms with E-state index in [9.17, 15) is 4.79 Å². The number of carbonyl (C=O) groups is 1. The third kappa shape index (κ3) is 5.96. The third-order valence-electron chi connectivity index (χ3n) is 5.67. The van der Waals surface area contributed by atoms with E-state index in [-0.39, 0.29) is 5.91 Å². The Morgan fingerprint density at radius 3 is 2.61 bits per heavy atom. The maximum atomic E-state index is 12.5. The predicted molar refractivity (Wildman–Crippen MR) is 135 cm³/mol. The molecular weight excluding hydrogens is 434 g/mol. The highest BCUT2D eigenvalue weighted by Gasteiger charge is 2.19. The minimum absolute atomic E-state index is 0.0410. The minimum atomic E-state index is -0.0410. The Kier molecular flexibility index (Phi) is 7.34. The van der Waals surface area contributed by atoms with E-state index < -0.39 is 0 Å². The van der Waals surface area contributed by atoms with Gasteiger partial charge < -0.3 is 19.9 Å². The molecular formula is C25H29N5O2S. The molecule has 8 heteroatoms. The molecule has 1 aromatic heterocycles. The number of anilines is 3. The van der Waals surface area contributed by atoms with Gasteiger partial charge in [0.05, 0.1) is 12.9 Å². The number of hydrogen-bond donors (Lipinski definition) is 1. The van der Waals surface area contributed by atoms with Gasteiger partial charge in [-0.05, 0) is 43.2 Å². The summed E-state index contributed by atoms with van der Waals surface area (Å²) in [7, 11) is 1.69. The Bertz CT molecular complexity index is 1120.